The van der Waals surface area contributed by atoms with Gasteiger partial charge in [0, 0.05) is 45.6 Å². The molecule has 1 aliphatic rings. The Morgan fingerprint density at radius 2 is 1.86 bits per heavy atom. The molecule has 12 heteroatoms. The van der Waals surface area contributed by atoms with Gasteiger partial charge in [0.25, 0.3) is 5.56 Å². The third-order valence-electron chi connectivity index (χ3n) is 4.66. The van der Waals surface area contributed by atoms with Crippen LogP contribution in [0.1, 0.15) is 0 Å². The Kier molecular flexibility index (Phi) is 4.55. The molecule has 0 bridgehead atoms. The minimum Gasteiger partial charge on any atom is -0.375 e. The van der Waals surface area contributed by atoms with Crippen LogP contribution in [0.5, 0.6) is 0 Å². The van der Waals surface area contributed by atoms with Gasteiger partial charge in [0.2, 0.25) is 11.9 Å². The molecule has 1 amide bonds. The third-order valence-corrected chi connectivity index (χ3v) is 5.52. The van der Waals surface area contributed by atoms with Crippen molar-refractivity contribution >= 4 is 38.7 Å². The topological polar surface area (TPSA) is 132 Å². The van der Waals surface area contributed by atoms with Gasteiger partial charge in [0.1, 0.15) is 11.2 Å². The maximum absolute atomic E-state index is 12.7. The van der Waals surface area contributed by atoms with Crippen LogP contribution in [0.2, 0.25) is 0 Å². The molecule has 0 radical (unpaired) electrons. The van der Waals surface area contributed by atoms with E-state index in [4.69, 9.17) is 5.73 Å². The zero-order valence-electron chi connectivity index (χ0n) is 15.1. The first-order valence-electron chi connectivity index (χ1n) is 8.61. The van der Waals surface area contributed by atoms with E-state index in [1.807, 2.05) is 4.90 Å². The lowest BCUT2D eigenvalue weighted by Crippen LogP contribution is -2.51. The van der Waals surface area contributed by atoms with Gasteiger partial charge < -0.3 is 15.5 Å². The van der Waals surface area contributed by atoms with E-state index in [1.54, 1.807) is 23.4 Å². The zero-order chi connectivity index (χ0) is 19.8. The Bertz CT molecular complexity index is 1140. The van der Waals surface area contributed by atoms with Gasteiger partial charge in [-0.15, -0.1) is 0 Å². The largest absolute Gasteiger partial charge is 0.375 e. The van der Waals surface area contributed by atoms with Gasteiger partial charge in [-0.25, -0.2) is 24.3 Å². The van der Waals surface area contributed by atoms with Crippen molar-refractivity contribution in [2.45, 2.75) is 6.54 Å². The summed E-state index contributed by atoms with van der Waals surface area (Å²) in [5, 5.41) is 0.199. The van der Waals surface area contributed by atoms with Crippen molar-refractivity contribution in [1.82, 2.24) is 29.0 Å². The summed E-state index contributed by atoms with van der Waals surface area (Å²) < 4.78 is 2.44. The number of piperazine rings is 1. The summed E-state index contributed by atoms with van der Waals surface area (Å²) in [4.78, 5) is 53.9. The van der Waals surface area contributed by atoms with Crippen LogP contribution in [-0.2, 0) is 18.4 Å². The molecule has 0 aliphatic carbocycles. The lowest BCUT2D eigenvalue weighted by atomic mass is 10.3. The quantitative estimate of drug-likeness (QED) is 0.582. The highest BCUT2D eigenvalue weighted by atomic mass is 32.1. The number of hydrogen-bond acceptors (Lipinski definition) is 9. The van der Waals surface area contributed by atoms with E-state index in [0.29, 0.717) is 32.1 Å². The number of anilines is 2. The van der Waals surface area contributed by atoms with E-state index >= 15 is 0 Å². The van der Waals surface area contributed by atoms with Crippen molar-refractivity contribution in [3.63, 3.8) is 0 Å². The molecule has 0 aromatic carbocycles. The van der Waals surface area contributed by atoms with Gasteiger partial charge in [-0.05, 0) is 6.07 Å². The molecule has 0 saturated carbocycles. The first-order chi connectivity index (χ1) is 13.5. The van der Waals surface area contributed by atoms with Gasteiger partial charge in [-0.2, -0.15) is 0 Å². The van der Waals surface area contributed by atoms with Crippen molar-refractivity contribution in [2.75, 3.05) is 36.8 Å². The van der Waals surface area contributed by atoms with Gasteiger partial charge in [-0.3, -0.25) is 14.2 Å². The van der Waals surface area contributed by atoms with E-state index < -0.39 is 11.2 Å². The Labute approximate surface area is 162 Å². The minimum absolute atomic E-state index is 0.199. The zero-order valence-corrected chi connectivity index (χ0v) is 15.9. The molecule has 0 unspecified atom stereocenters. The summed E-state index contributed by atoms with van der Waals surface area (Å²) in [5.41, 5.74) is 4.76. The number of carbonyl (C=O) groups excluding carboxylic acids is 1. The fourth-order valence-corrected chi connectivity index (χ4v) is 3.97. The molecule has 1 aliphatic heterocycles. The van der Waals surface area contributed by atoms with Crippen LogP contribution in [0.15, 0.2) is 28.0 Å². The molecule has 2 N–H and O–H groups in total. The van der Waals surface area contributed by atoms with Crippen LogP contribution >= 0.6 is 11.3 Å². The molecule has 1 saturated heterocycles. The SMILES string of the molecule is Cn1c(=O)n(CC(=O)N2CCN(c3ncccn3)CC2)c(=O)c2sc(N)nc21. The summed E-state index contributed by atoms with van der Waals surface area (Å²) in [5.74, 6) is 0.331. The molecular formula is C16H18N8O3S. The van der Waals surface area contributed by atoms with Crippen LogP contribution in [-0.4, -0.2) is 61.1 Å². The van der Waals surface area contributed by atoms with Crippen molar-refractivity contribution in [3.05, 3.63) is 39.3 Å². The Balaban J connectivity index is 1.52. The van der Waals surface area contributed by atoms with Gasteiger partial charge in [0.05, 0.1) is 0 Å². The lowest BCUT2D eigenvalue weighted by molar-refractivity contribution is -0.132. The summed E-state index contributed by atoms with van der Waals surface area (Å²) in [7, 11) is 1.50. The molecule has 28 heavy (non-hydrogen) atoms. The predicted molar refractivity (Wildman–Crippen MR) is 104 cm³/mol. The Morgan fingerprint density at radius 1 is 1.18 bits per heavy atom. The number of aromatic nitrogens is 5. The van der Waals surface area contributed by atoms with Crippen LogP contribution in [0.3, 0.4) is 0 Å². The van der Waals surface area contributed by atoms with Crippen LogP contribution < -0.4 is 21.9 Å². The minimum atomic E-state index is -0.590. The van der Waals surface area contributed by atoms with E-state index in [2.05, 4.69) is 15.0 Å². The molecule has 3 aromatic rings. The maximum atomic E-state index is 12.7. The van der Waals surface area contributed by atoms with Gasteiger partial charge in [-0.1, -0.05) is 11.3 Å². The third kappa shape index (κ3) is 3.11. The Hall–Kier alpha value is -3.28. The summed E-state index contributed by atoms with van der Waals surface area (Å²) >= 11 is 1.00. The molecular weight excluding hydrogens is 384 g/mol. The molecule has 0 spiro atoms. The van der Waals surface area contributed by atoms with Crippen molar-refractivity contribution < 1.29 is 4.79 Å². The first-order valence-corrected chi connectivity index (χ1v) is 9.43. The summed E-state index contributed by atoms with van der Waals surface area (Å²) in [6.07, 6.45) is 3.34. The Morgan fingerprint density at radius 3 is 2.54 bits per heavy atom. The fraction of sp³-hybridized carbons (Fsp3) is 0.375. The number of thiazole rings is 1. The molecule has 11 nitrogen and oxygen atoms in total. The normalized spacial score (nSPS) is 14.6. The van der Waals surface area contributed by atoms with Crippen molar-refractivity contribution in [1.29, 1.82) is 0 Å². The number of aryl methyl sites for hydroxylation is 1. The number of nitrogens with two attached hydrogens (primary N) is 1. The van der Waals surface area contributed by atoms with Crippen LogP contribution in [0.25, 0.3) is 10.3 Å². The maximum Gasteiger partial charge on any atom is 0.332 e. The van der Waals surface area contributed by atoms with E-state index in [1.165, 1.54) is 11.6 Å². The van der Waals surface area contributed by atoms with Crippen LogP contribution in [0, 0.1) is 0 Å². The number of rotatable bonds is 3. The standard InChI is InChI=1S/C16H18N8O3S/c1-21-12-11(28-14(17)20-12)13(26)24(16(21)27)9-10(25)22-5-7-23(8-6-22)15-18-3-2-4-19-15/h2-4H,5-9H2,1H3,(H2,17,20). The number of nitrogens with zero attached hydrogens (tertiary/aromatic N) is 7. The molecule has 1 fully saturated rings. The highest BCUT2D eigenvalue weighted by Gasteiger charge is 2.24. The number of hydrogen-bond donors (Lipinski definition) is 1. The molecule has 4 rings (SSSR count). The average Bonchev–Trinajstić information content (AvgIpc) is 3.12. The monoisotopic (exact) mass is 402 g/mol. The molecule has 4 heterocycles. The highest BCUT2D eigenvalue weighted by molar-refractivity contribution is 7.21. The second-order valence-electron chi connectivity index (χ2n) is 6.35. The summed E-state index contributed by atoms with van der Waals surface area (Å²) in [6.45, 7) is 1.76. The predicted octanol–water partition coefficient (Wildman–Crippen LogP) is -1.12. The van der Waals surface area contributed by atoms with Crippen molar-refractivity contribution in [2.24, 2.45) is 7.05 Å². The number of amides is 1. The van der Waals surface area contributed by atoms with E-state index in [-0.39, 0.29) is 27.9 Å². The summed E-state index contributed by atoms with van der Waals surface area (Å²) in [6, 6.07) is 1.75. The van der Waals surface area contributed by atoms with Crippen LogP contribution in [0.4, 0.5) is 11.1 Å². The van der Waals surface area contributed by atoms with Crippen molar-refractivity contribution in [3.8, 4) is 0 Å². The van der Waals surface area contributed by atoms with E-state index in [9.17, 15) is 14.4 Å². The highest BCUT2D eigenvalue weighted by Crippen LogP contribution is 2.18. The number of nitrogen functional groups attached to an aromatic ring is 1. The average molecular weight is 402 g/mol. The second-order valence-corrected chi connectivity index (χ2v) is 7.38. The van der Waals surface area contributed by atoms with Gasteiger partial charge in [0.15, 0.2) is 10.8 Å². The van der Waals surface area contributed by atoms with E-state index in [0.717, 1.165) is 15.9 Å². The second kappa shape index (κ2) is 7.03. The smallest absolute Gasteiger partial charge is 0.332 e. The first kappa shape index (κ1) is 18.1. The fourth-order valence-electron chi connectivity index (χ4n) is 3.16. The molecule has 146 valence electrons. The number of carbonyl (C=O) groups is 1. The molecule has 0 atom stereocenters. The molecule has 3 aromatic heterocycles. The lowest BCUT2D eigenvalue weighted by Gasteiger charge is -2.34. The number of fused-ring (bicyclic) bond motifs is 1. The van der Waals surface area contributed by atoms with Gasteiger partial charge >= 0.3 is 5.69 Å².